The van der Waals surface area contributed by atoms with Crippen molar-refractivity contribution in [2.75, 3.05) is 0 Å². The standard InChI is InChI=1S/C21H24N2O2/c1-15(2)13-14-18(20(22)24)23-21(25)19(16-9-5-3-6-10-16)17-11-7-4-8-12-17/h3-13,18-19H,14H2,1-2H3,(H2,22,24)(H,23,25)/t18-/m0/s1. The van der Waals surface area contributed by atoms with Gasteiger partial charge in [0.1, 0.15) is 6.04 Å². The molecule has 2 aromatic carbocycles. The van der Waals surface area contributed by atoms with E-state index in [2.05, 4.69) is 5.32 Å². The van der Waals surface area contributed by atoms with Crippen LogP contribution in [0, 0.1) is 0 Å². The minimum Gasteiger partial charge on any atom is -0.368 e. The quantitative estimate of drug-likeness (QED) is 0.762. The maximum absolute atomic E-state index is 13.0. The molecule has 2 aromatic rings. The minimum absolute atomic E-state index is 0.233. The Balaban J connectivity index is 2.29. The van der Waals surface area contributed by atoms with Gasteiger partial charge in [-0.25, -0.2) is 0 Å². The van der Waals surface area contributed by atoms with Gasteiger partial charge in [-0.15, -0.1) is 0 Å². The highest BCUT2D eigenvalue weighted by Gasteiger charge is 2.26. The summed E-state index contributed by atoms with van der Waals surface area (Å²) in [5.74, 6) is -1.26. The molecule has 3 N–H and O–H groups in total. The van der Waals surface area contributed by atoms with Crippen LogP contribution in [0.2, 0.25) is 0 Å². The van der Waals surface area contributed by atoms with Crippen LogP contribution < -0.4 is 11.1 Å². The lowest BCUT2D eigenvalue weighted by Gasteiger charge is -2.21. The Morgan fingerprint density at radius 2 is 1.44 bits per heavy atom. The van der Waals surface area contributed by atoms with Gasteiger partial charge in [-0.2, -0.15) is 0 Å². The van der Waals surface area contributed by atoms with E-state index in [0.29, 0.717) is 6.42 Å². The molecule has 0 fully saturated rings. The van der Waals surface area contributed by atoms with Crippen molar-refractivity contribution in [1.29, 1.82) is 0 Å². The number of primary amides is 1. The van der Waals surface area contributed by atoms with Gasteiger partial charge in [0, 0.05) is 0 Å². The first kappa shape index (κ1) is 18.5. The molecule has 0 unspecified atom stereocenters. The molecular weight excluding hydrogens is 312 g/mol. The van der Waals surface area contributed by atoms with Gasteiger partial charge < -0.3 is 11.1 Å². The lowest BCUT2D eigenvalue weighted by atomic mass is 9.90. The van der Waals surface area contributed by atoms with Crippen molar-refractivity contribution in [2.24, 2.45) is 5.73 Å². The van der Waals surface area contributed by atoms with Gasteiger partial charge in [0.2, 0.25) is 11.8 Å². The largest absolute Gasteiger partial charge is 0.368 e. The number of rotatable bonds is 7. The molecule has 0 aromatic heterocycles. The van der Waals surface area contributed by atoms with Crippen LogP contribution in [-0.4, -0.2) is 17.9 Å². The number of carbonyl (C=O) groups is 2. The third-order valence-electron chi connectivity index (χ3n) is 3.95. The first-order chi connectivity index (χ1) is 12.0. The second-order valence-corrected chi connectivity index (χ2v) is 6.24. The van der Waals surface area contributed by atoms with E-state index in [4.69, 9.17) is 5.73 Å². The van der Waals surface area contributed by atoms with Crippen molar-refractivity contribution < 1.29 is 9.59 Å². The van der Waals surface area contributed by atoms with Crippen LogP contribution in [0.4, 0.5) is 0 Å². The normalized spacial score (nSPS) is 11.6. The summed E-state index contributed by atoms with van der Waals surface area (Å²) < 4.78 is 0. The Morgan fingerprint density at radius 3 is 1.84 bits per heavy atom. The zero-order valence-corrected chi connectivity index (χ0v) is 14.6. The number of nitrogens with two attached hydrogens (primary N) is 1. The molecule has 2 rings (SSSR count). The molecule has 0 aliphatic rings. The van der Waals surface area contributed by atoms with Crippen molar-refractivity contribution in [3.05, 3.63) is 83.4 Å². The highest BCUT2D eigenvalue weighted by atomic mass is 16.2. The Hall–Kier alpha value is -2.88. The Labute approximate surface area is 148 Å². The lowest BCUT2D eigenvalue weighted by molar-refractivity contribution is -0.127. The Morgan fingerprint density at radius 1 is 0.960 bits per heavy atom. The first-order valence-corrected chi connectivity index (χ1v) is 8.32. The third-order valence-corrected chi connectivity index (χ3v) is 3.95. The molecule has 4 nitrogen and oxygen atoms in total. The second kappa shape index (κ2) is 8.83. The molecule has 0 spiro atoms. The number of amides is 2. The summed E-state index contributed by atoms with van der Waals surface area (Å²) in [6.45, 7) is 3.88. The molecule has 0 bridgehead atoms. The van der Waals surface area contributed by atoms with E-state index < -0.39 is 17.9 Å². The van der Waals surface area contributed by atoms with E-state index in [1.165, 1.54) is 0 Å². The van der Waals surface area contributed by atoms with E-state index in [9.17, 15) is 9.59 Å². The number of nitrogens with one attached hydrogen (secondary N) is 1. The third kappa shape index (κ3) is 5.31. The minimum atomic E-state index is -0.725. The summed E-state index contributed by atoms with van der Waals surface area (Å²) in [5.41, 5.74) is 8.28. The molecule has 0 radical (unpaired) electrons. The zero-order valence-electron chi connectivity index (χ0n) is 14.6. The molecule has 0 heterocycles. The predicted molar refractivity (Wildman–Crippen MR) is 99.9 cm³/mol. The van der Waals surface area contributed by atoms with Crippen LogP contribution in [0.15, 0.2) is 72.3 Å². The number of hydrogen-bond acceptors (Lipinski definition) is 2. The maximum Gasteiger partial charge on any atom is 0.240 e. The van der Waals surface area contributed by atoms with Crippen LogP contribution in [0.25, 0.3) is 0 Å². The molecule has 25 heavy (non-hydrogen) atoms. The van der Waals surface area contributed by atoms with Crippen LogP contribution in [0.3, 0.4) is 0 Å². The van der Waals surface area contributed by atoms with Crippen LogP contribution in [-0.2, 0) is 9.59 Å². The molecule has 1 atom stereocenters. The van der Waals surface area contributed by atoms with Crippen LogP contribution in [0.5, 0.6) is 0 Å². The number of allylic oxidation sites excluding steroid dienone is 1. The topological polar surface area (TPSA) is 72.2 Å². The molecule has 0 saturated heterocycles. The van der Waals surface area contributed by atoms with E-state index in [1.807, 2.05) is 80.6 Å². The van der Waals surface area contributed by atoms with E-state index in [0.717, 1.165) is 16.7 Å². The average molecular weight is 336 g/mol. The molecule has 0 aliphatic carbocycles. The number of carbonyl (C=O) groups excluding carboxylic acids is 2. The highest BCUT2D eigenvalue weighted by Crippen LogP contribution is 2.25. The smallest absolute Gasteiger partial charge is 0.240 e. The summed E-state index contributed by atoms with van der Waals surface area (Å²) in [6.07, 6.45) is 2.29. The van der Waals surface area contributed by atoms with Gasteiger partial charge in [0.05, 0.1) is 5.92 Å². The average Bonchev–Trinajstić information content (AvgIpc) is 2.60. The van der Waals surface area contributed by atoms with Crippen LogP contribution in [0.1, 0.15) is 37.3 Å². The summed E-state index contributed by atoms with van der Waals surface area (Å²) in [7, 11) is 0. The van der Waals surface area contributed by atoms with Gasteiger partial charge in [-0.05, 0) is 31.4 Å². The summed E-state index contributed by atoms with van der Waals surface area (Å²) in [5, 5.41) is 2.81. The van der Waals surface area contributed by atoms with E-state index in [1.54, 1.807) is 0 Å². The Bertz CT molecular complexity index is 696. The van der Waals surface area contributed by atoms with Crippen molar-refractivity contribution in [3.8, 4) is 0 Å². The van der Waals surface area contributed by atoms with Crippen molar-refractivity contribution >= 4 is 11.8 Å². The maximum atomic E-state index is 13.0. The summed E-state index contributed by atoms with van der Waals surface area (Å²) in [6, 6.07) is 18.3. The molecule has 130 valence electrons. The van der Waals surface area contributed by atoms with Crippen molar-refractivity contribution in [3.63, 3.8) is 0 Å². The van der Waals surface area contributed by atoms with E-state index in [-0.39, 0.29) is 5.91 Å². The van der Waals surface area contributed by atoms with Gasteiger partial charge >= 0.3 is 0 Å². The molecule has 0 aliphatic heterocycles. The highest BCUT2D eigenvalue weighted by molar-refractivity contribution is 5.92. The zero-order chi connectivity index (χ0) is 18.2. The molecule has 2 amide bonds. The van der Waals surface area contributed by atoms with E-state index >= 15 is 0 Å². The number of benzene rings is 2. The summed E-state index contributed by atoms with van der Waals surface area (Å²) >= 11 is 0. The van der Waals surface area contributed by atoms with Gasteiger partial charge in [-0.1, -0.05) is 72.3 Å². The molecular formula is C21H24N2O2. The first-order valence-electron chi connectivity index (χ1n) is 8.32. The van der Waals surface area contributed by atoms with Crippen molar-refractivity contribution in [2.45, 2.75) is 32.2 Å². The number of hydrogen-bond donors (Lipinski definition) is 2. The molecule has 0 saturated carbocycles. The second-order valence-electron chi connectivity index (χ2n) is 6.24. The van der Waals surface area contributed by atoms with Gasteiger partial charge in [-0.3, -0.25) is 9.59 Å². The monoisotopic (exact) mass is 336 g/mol. The SMILES string of the molecule is CC(C)=CC[C@H](NC(=O)C(c1ccccc1)c1ccccc1)C(N)=O. The fourth-order valence-electron chi connectivity index (χ4n) is 2.64. The Kier molecular flexibility index (Phi) is 6.52. The molecule has 4 heteroatoms. The van der Waals surface area contributed by atoms with Crippen LogP contribution >= 0.6 is 0 Å². The fourth-order valence-corrected chi connectivity index (χ4v) is 2.64. The van der Waals surface area contributed by atoms with Gasteiger partial charge in [0.25, 0.3) is 0 Å². The predicted octanol–water partition coefficient (Wildman–Crippen LogP) is 3.14. The van der Waals surface area contributed by atoms with Crippen molar-refractivity contribution in [1.82, 2.24) is 5.32 Å². The lowest BCUT2D eigenvalue weighted by Crippen LogP contribution is -2.46. The fraction of sp³-hybridized carbons (Fsp3) is 0.238. The summed E-state index contributed by atoms with van der Waals surface area (Å²) in [4.78, 5) is 24.7. The van der Waals surface area contributed by atoms with Gasteiger partial charge in [0.15, 0.2) is 0 Å².